The number of nitriles is 1. The van der Waals surface area contributed by atoms with E-state index < -0.39 is 29.2 Å². The van der Waals surface area contributed by atoms with Gasteiger partial charge in [0.2, 0.25) is 10.9 Å². The van der Waals surface area contributed by atoms with E-state index >= 15 is 0 Å². The minimum atomic E-state index is -3.09. The number of thiol groups is 1. The van der Waals surface area contributed by atoms with Crippen molar-refractivity contribution in [3.63, 3.8) is 0 Å². The minimum Gasteiger partial charge on any atom is -0.455 e. The van der Waals surface area contributed by atoms with Gasteiger partial charge in [0.25, 0.3) is 5.91 Å². The van der Waals surface area contributed by atoms with Crippen molar-refractivity contribution >= 4 is 57.6 Å². The van der Waals surface area contributed by atoms with Crippen molar-refractivity contribution in [3.8, 4) is 17.4 Å². The van der Waals surface area contributed by atoms with Crippen molar-refractivity contribution in [2.75, 3.05) is 11.4 Å². The van der Waals surface area contributed by atoms with E-state index in [-0.39, 0.29) is 18.4 Å². The third-order valence-electron chi connectivity index (χ3n) is 8.97. The number of nitrogens with zero attached hydrogens (tertiary/aromatic N) is 2. The van der Waals surface area contributed by atoms with Crippen molar-refractivity contribution < 1.29 is 26.9 Å². The standard InChI is InChI=1S/C33H33BClN3O6S/c1-32(2)33(3,4)44-34(43-32)26-13-6-19(14-22(26)17-36)18-38(45(40)41)27-16-28-25(15-24(27)20-7-8-20)29(31(39)37-5)30(42-28)21-9-11-23(35)12-10-21/h6,9-16,20,45H,7-8,18H2,1-5H3,(H,37,39). The zero-order chi connectivity index (χ0) is 32.3. The molecule has 1 saturated heterocycles. The molecule has 0 atom stereocenters. The molecule has 1 aliphatic carbocycles. The van der Waals surface area contributed by atoms with E-state index in [1.807, 2.05) is 33.8 Å². The van der Waals surface area contributed by atoms with E-state index in [4.69, 9.17) is 25.3 Å². The molecule has 1 saturated carbocycles. The summed E-state index contributed by atoms with van der Waals surface area (Å²) in [5, 5.41) is 13.9. The van der Waals surface area contributed by atoms with Crippen molar-refractivity contribution in [1.29, 1.82) is 5.26 Å². The maximum absolute atomic E-state index is 13.1. The second-order valence-electron chi connectivity index (χ2n) is 12.5. The third-order valence-corrected chi connectivity index (χ3v) is 9.97. The molecule has 3 aromatic carbocycles. The quantitative estimate of drug-likeness (QED) is 0.186. The van der Waals surface area contributed by atoms with Crippen LogP contribution in [0.5, 0.6) is 0 Å². The molecule has 12 heteroatoms. The fourth-order valence-corrected chi connectivity index (χ4v) is 6.38. The number of hydrogen-bond acceptors (Lipinski definition) is 7. The lowest BCUT2D eigenvalue weighted by atomic mass is 9.75. The maximum Gasteiger partial charge on any atom is 0.496 e. The Bertz CT molecular complexity index is 1920. The van der Waals surface area contributed by atoms with Crippen LogP contribution < -0.4 is 15.1 Å². The van der Waals surface area contributed by atoms with Gasteiger partial charge in [0, 0.05) is 34.5 Å². The topological polar surface area (TPSA) is 122 Å². The Hall–Kier alpha value is -3.82. The number of anilines is 1. The summed E-state index contributed by atoms with van der Waals surface area (Å²) in [6, 6.07) is 18.0. The Morgan fingerprint density at radius 3 is 2.31 bits per heavy atom. The van der Waals surface area contributed by atoms with Gasteiger partial charge in [0.05, 0.1) is 40.6 Å². The second-order valence-corrected chi connectivity index (χ2v) is 13.9. The van der Waals surface area contributed by atoms with Crippen LogP contribution in [0.3, 0.4) is 0 Å². The zero-order valence-electron chi connectivity index (χ0n) is 25.6. The van der Waals surface area contributed by atoms with Gasteiger partial charge in [-0.3, -0.25) is 9.10 Å². The highest BCUT2D eigenvalue weighted by atomic mass is 35.5. The fraction of sp³-hybridized carbons (Fsp3) is 0.333. The van der Waals surface area contributed by atoms with Gasteiger partial charge in [0.1, 0.15) is 11.3 Å². The number of fused-ring (bicyclic) bond motifs is 1. The van der Waals surface area contributed by atoms with Gasteiger partial charge < -0.3 is 19.0 Å². The maximum atomic E-state index is 13.1. The lowest BCUT2D eigenvalue weighted by Gasteiger charge is -2.32. The molecule has 9 nitrogen and oxygen atoms in total. The average molecular weight is 646 g/mol. The third kappa shape index (κ3) is 5.72. The van der Waals surface area contributed by atoms with E-state index in [9.17, 15) is 18.5 Å². The van der Waals surface area contributed by atoms with Crippen LogP contribution in [0.4, 0.5) is 5.69 Å². The SMILES string of the molecule is CNC(=O)c1c(-c2ccc(Cl)cc2)oc2cc(N(Cc3ccc(B4OC(C)(C)C(C)(C)O4)c(C#N)c3)[SH](=O)=O)c(C3CC3)cc12. The highest BCUT2D eigenvalue weighted by Crippen LogP contribution is 2.48. The van der Waals surface area contributed by atoms with Crippen LogP contribution in [-0.2, 0) is 26.7 Å². The smallest absolute Gasteiger partial charge is 0.455 e. The molecule has 2 fully saturated rings. The molecule has 1 amide bonds. The van der Waals surface area contributed by atoms with Gasteiger partial charge in [-0.05, 0) is 94.0 Å². The first-order valence-electron chi connectivity index (χ1n) is 14.7. The van der Waals surface area contributed by atoms with Crippen LogP contribution in [-0.4, -0.2) is 39.7 Å². The summed E-state index contributed by atoms with van der Waals surface area (Å²) in [6.45, 7) is 7.77. The Balaban J connectivity index is 1.42. The molecule has 0 unspecified atom stereocenters. The number of amides is 1. The number of hydrogen-bond donors (Lipinski definition) is 2. The lowest BCUT2D eigenvalue weighted by Crippen LogP contribution is -2.41. The first-order chi connectivity index (χ1) is 21.3. The predicted octanol–water partition coefficient (Wildman–Crippen LogP) is 5.69. The average Bonchev–Trinajstić information content (AvgIpc) is 3.74. The van der Waals surface area contributed by atoms with E-state index in [0.29, 0.717) is 55.2 Å². The van der Waals surface area contributed by atoms with E-state index in [1.54, 1.807) is 55.6 Å². The Morgan fingerprint density at radius 2 is 1.73 bits per heavy atom. The van der Waals surface area contributed by atoms with Crippen molar-refractivity contribution in [2.45, 2.75) is 64.2 Å². The van der Waals surface area contributed by atoms with Crippen molar-refractivity contribution in [1.82, 2.24) is 5.32 Å². The number of carbonyl (C=O) groups excluding carboxylic acids is 1. The predicted molar refractivity (Wildman–Crippen MR) is 175 cm³/mol. The number of furan rings is 1. The Labute approximate surface area is 269 Å². The summed E-state index contributed by atoms with van der Waals surface area (Å²) in [7, 11) is -2.25. The molecule has 6 rings (SSSR count). The summed E-state index contributed by atoms with van der Waals surface area (Å²) < 4.78 is 45.6. The van der Waals surface area contributed by atoms with Crippen LogP contribution in [0.1, 0.15) is 73.5 Å². The van der Waals surface area contributed by atoms with Gasteiger partial charge in [-0.15, -0.1) is 0 Å². The summed E-state index contributed by atoms with van der Waals surface area (Å²) in [4.78, 5) is 13.1. The van der Waals surface area contributed by atoms with Crippen molar-refractivity contribution in [2.24, 2.45) is 0 Å². The van der Waals surface area contributed by atoms with Gasteiger partial charge in [-0.2, -0.15) is 5.26 Å². The number of carbonyl (C=O) groups is 1. The van der Waals surface area contributed by atoms with Gasteiger partial charge in [0.15, 0.2) is 0 Å². The molecule has 1 N–H and O–H groups in total. The Kier molecular flexibility index (Phi) is 7.98. The van der Waals surface area contributed by atoms with Gasteiger partial charge in [-0.1, -0.05) is 23.7 Å². The Morgan fingerprint density at radius 1 is 1.07 bits per heavy atom. The molecule has 0 bridgehead atoms. The summed E-state index contributed by atoms with van der Waals surface area (Å²) in [5.74, 6) is 0.203. The molecular weight excluding hydrogens is 613 g/mol. The molecule has 0 spiro atoms. The number of rotatable bonds is 8. The highest BCUT2D eigenvalue weighted by molar-refractivity contribution is 7.74. The fourth-order valence-electron chi connectivity index (χ4n) is 5.63. The van der Waals surface area contributed by atoms with E-state index in [1.165, 1.54) is 4.31 Å². The first-order valence-corrected chi connectivity index (χ1v) is 16.2. The van der Waals surface area contributed by atoms with Gasteiger partial charge >= 0.3 is 7.12 Å². The van der Waals surface area contributed by atoms with Crippen molar-refractivity contribution in [3.05, 3.63) is 81.9 Å². The molecule has 2 aliphatic rings. The molecule has 232 valence electrons. The lowest BCUT2D eigenvalue weighted by molar-refractivity contribution is 0.00578. The highest BCUT2D eigenvalue weighted by Gasteiger charge is 2.52. The van der Waals surface area contributed by atoms with Crippen LogP contribution in [0.15, 0.2) is 59.0 Å². The zero-order valence-corrected chi connectivity index (χ0v) is 27.3. The van der Waals surface area contributed by atoms with Crippen LogP contribution in [0, 0.1) is 11.3 Å². The molecule has 1 aromatic heterocycles. The normalized spacial score (nSPS) is 17.1. The largest absolute Gasteiger partial charge is 0.496 e. The van der Waals surface area contributed by atoms with Crippen LogP contribution in [0.25, 0.3) is 22.3 Å². The number of halogens is 1. The molecular formula is C33H33BClN3O6S. The van der Waals surface area contributed by atoms with Crippen LogP contribution in [0.2, 0.25) is 5.02 Å². The number of benzene rings is 3. The monoisotopic (exact) mass is 645 g/mol. The minimum absolute atomic E-state index is 0.00465. The van der Waals surface area contributed by atoms with Crippen LogP contribution >= 0.6 is 11.6 Å². The second kappa shape index (κ2) is 11.5. The summed E-state index contributed by atoms with van der Waals surface area (Å²) in [6.07, 6.45) is 1.81. The first kappa shape index (κ1) is 31.2. The van der Waals surface area contributed by atoms with E-state index in [2.05, 4.69) is 11.4 Å². The molecule has 1 aliphatic heterocycles. The van der Waals surface area contributed by atoms with Gasteiger partial charge in [-0.25, -0.2) is 8.42 Å². The molecule has 4 aromatic rings. The molecule has 2 heterocycles. The molecule has 0 radical (unpaired) electrons. The summed E-state index contributed by atoms with van der Waals surface area (Å²) >= 11 is 6.10. The summed E-state index contributed by atoms with van der Waals surface area (Å²) in [5.41, 5.74) is 3.14. The molecule has 45 heavy (non-hydrogen) atoms. The van der Waals surface area contributed by atoms with E-state index in [0.717, 1.165) is 18.4 Å². The number of nitrogens with one attached hydrogen (secondary N) is 1.